The molecule has 1 fully saturated rings. The number of benzene rings is 1. The van der Waals surface area contributed by atoms with Gasteiger partial charge in [0.05, 0.1) is 10.6 Å². The molecule has 0 aromatic heterocycles. The van der Waals surface area contributed by atoms with Crippen LogP contribution in [0.2, 0.25) is 5.02 Å². The first-order valence-electron chi connectivity index (χ1n) is 8.11. The van der Waals surface area contributed by atoms with Gasteiger partial charge >= 0.3 is 0 Å². The minimum Gasteiger partial charge on any atom is -0.307 e. The highest BCUT2D eigenvalue weighted by Gasteiger charge is 2.39. The second-order valence-corrected chi connectivity index (χ2v) is 8.00. The van der Waals surface area contributed by atoms with E-state index >= 15 is 0 Å². The number of carbonyl (C=O) groups is 3. The molecule has 8 heteroatoms. The van der Waals surface area contributed by atoms with Gasteiger partial charge in [-0.2, -0.15) is 0 Å². The zero-order valence-corrected chi connectivity index (χ0v) is 15.9. The molecule has 0 atom stereocenters. The quantitative estimate of drug-likeness (QED) is 0.454. The summed E-state index contributed by atoms with van der Waals surface area (Å²) in [6.45, 7) is 0. The predicted octanol–water partition coefficient (Wildman–Crippen LogP) is 4.21. The summed E-state index contributed by atoms with van der Waals surface area (Å²) in [4.78, 5) is 39.0. The van der Waals surface area contributed by atoms with E-state index in [0.29, 0.717) is 50.2 Å². The van der Waals surface area contributed by atoms with Crippen LogP contribution in [-0.4, -0.2) is 22.0 Å². The fraction of sp³-hybridized carbons (Fsp3) is 0.222. The summed E-state index contributed by atoms with van der Waals surface area (Å²) >= 11 is 12.4. The normalized spacial score (nSPS) is 21.7. The molecule has 1 aromatic carbocycles. The van der Waals surface area contributed by atoms with Gasteiger partial charge in [0.2, 0.25) is 0 Å². The van der Waals surface area contributed by atoms with Gasteiger partial charge in [-0.3, -0.25) is 14.4 Å². The smallest absolute Gasteiger partial charge is 0.289 e. The van der Waals surface area contributed by atoms with E-state index in [1.165, 1.54) is 4.90 Å². The lowest BCUT2D eigenvalue weighted by molar-refractivity contribution is -0.120. The number of thioether (sulfide) groups is 1. The molecule has 0 saturated carbocycles. The summed E-state index contributed by atoms with van der Waals surface area (Å²) in [6.07, 6.45) is 4.85. The Morgan fingerprint density at radius 1 is 1.12 bits per heavy atom. The summed E-state index contributed by atoms with van der Waals surface area (Å²) in [5.74, 6) is -0.485. The van der Waals surface area contributed by atoms with E-state index in [0.717, 1.165) is 24.6 Å². The van der Waals surface area contributed by atoms with Gasteiger partial charge in [0.15, 0.2) is 0 Å². The average molecular weight is 405 g/mol. The maximum absolute atomic E-state index is 12.7. The zero-order chi connectivity index (χ0) is 18.4. The summed E-state index contributed by atoms with van der Waals surface area (Å²) < 4.78 is 0. The summed E-state index contributed by atoms with van der Waals surface area (Å²) in [5.41, 5.74) is 2.34. The van der Waals surface area contributed by atoms with Crippen molar-refractivity contribution in [1.29, 1.82) is 0 Å². The molecule has 26 heavy (non-hydrogen) atoms. The van der Waals surface area contributed by atoms with Gasteiger partial charge in [-0.15, -0.1) is 0 Å². The Kier molecular flexibility index (Phi) is 4.46. The van der Waals surface area contributed by atoms with Crippen LogP contribution < -0.4 is 10.2 Å². The molecule has 3 amide bonds. The second kappa shape index (κ2) is 6.64. The van der Waals surface area contributed by atoms with E-state index < -0.39 is 0 Å². The lowest BCUT2D eigenvalue weighted by Gasteiger charge is -2.16. The Hall–Kier alpha value is -1.96. The van der Waals surface area contributed by atoms with E-state index in [1.54, 1.807) is 24.3 Å². The van der Waals surface area contributed by atoms with Gasteiger partial charge in [-0.05, 0) is 67.3 Å². The van der Waals surface area contributed by atoms with Crippen molar-refractivity contribution >= 4 is 69.4 Å². The highest BCUT2D eigenvalue weighted by atomic mass is 35.5. The van der Waals surface area contributed by atoms with Crippen LogP contribution in [0.25, 0.3) is 6.08 Å². The molecule has 3 aliphatic rings. The van der Waals surface area contributed by atoms with Gasteiger partial charge in [0.1, 0.15) is 4.99 Å². The Bertz CT molecular complexity index is 924. The number of halogens is 1. The summed E-state index contributed by atoms with van der Waals surface area (Å²) in [7, 11) is 0. The Balaban J connectivity index is 1.70. The third-order valence-electron chi connectivity index (χ3n) is 4.56. The maximum atomic E-state index is 12.7. The number of amides is 3. The molecule has 1 aliphatic carbocycles. The molecule has 2 aliphatic heterocycles. The number of anilines is 1. The predicted molar refractivity (Wildman–Crippen MR) is 106 cm³/mol. The minimum atomic E-state index is -0.242. The van der Waals surface area contributed by atoms with Crippen LogP contribution in [0.5, 0.6) is 0 Å². The van der Waals surface area contributed by atoms with Crippen LogP contribution in [0.15, 0.2) is 34.3 Å². The molecule has 132 valence electrons. The monoisotopic (exact) mass is 404 g/mol. The first-order chi connectivity index (χ1) is 12.5. The van der Waals surface area contributed by atoms with Crippen molar-refractivity contribution in [2.45, 2.75) is 25.7 Å². The molecule has 4 rings (SSSR count). The van der Waals surface area contributed by atoms with E-state index in [-0.39, 0.29) is 17.1 Å². The van der Waals surface area contributed by atoms with Gasteiger partial charge in [0.25, 0.3) is 17.1 Å². The van der Waals surface area contributed by atoms with Crippen molar-refractivity contribution in [3.05, 3.63) is 44.8 Å². The van der Waals surface area contributed by atoms with Crippen molar-refractivity contribution in [1.82, 2.24) is 5.32 Å². The van der Waals surface area contributed by atoms with Crippen molar-refractivity contribution in [2.24, 2.45) is 0 Å². The van der Waals surface area contributed by atoms with Crippen LogP contribution in [0, 0.1) is 0 Å². The number of carbonyl (C=O) groups excluding carboxylic acids is 3. The Morgan fingerprint density at radius 3 is 2.35 bits per heavy atom. The van der Waals surface area contributed by atoms with Gasteiger partial charge < -0.3 is 5.32 Å². The first kappa shape index (κ1) is 17.5. The van der Waals surface area contributed by atoms with Crippen molar-refractivity contribution in [3.8, 4) is 0 Å². The molecular weight excluding hydrogens is 392 g/mol. The Labute approximate surface area is 164 Å². The number of rotatable bonds is 2. The van der Waals surface area contributed by atoms with Crippen molar-refractivity contribution in [3.63, 3.8) is 0 Å². The van der Waals surface area contributed by atoms with Crippen LogP contribution in [0.4, 0.5) is 10.5 Å². The molecule has 1 saturated heterocycles. The number of nitrogens with zero attached hydrogens (tertiary/aromatic N) is 1. The van der Waals surface area contributed by atoms with Gasteiger partial charge in [0, 0.05) is 16.2 Å². The lowest BCUT2D eigenvalue weighted by Crippen LogP contribution is -2.31. The largest absolute Gasteiger partial charge is 0.307 e. The molecule has 1 N–H and O–H groups in total. The average Bonchev–Trinajstić information content (AvgIpc) is 3.07. The Morgan fingerprint density at radius 2 is 1.77 bits per heavy atom. The number of thiocarbonyl (C=S) groups is 1. The van der Waals surface area contributed by atoms with Crippen LogP contribution in [0.3, 0.4) is 0 Å². The first-order valence-corrected chi connectivity index (χ1v) is 9.71. The number of hydrogen-bond donors (Lipinski definition) is 1. The zero-order valence-electron chi connectivity index (χ0n) is 13.5. The minimum absolute atomic E-state index is 0.240. The van der Waals surface area contributed by atoms with Crippen LogP contribution in [0.1, 0.15) is 31.2 Å². The van der Waals surface area contributed by atoms with Crippen LogP contribution >= 0.6 is 35.6 Å². The number of nitrogens with one attached hydrogen (secondary N) is 1. The topological polar surface area (TPSA) is 66.5 Å². The fourth-order valence-corrected chi connectivity index (χ4v) is 4.51. The highest BCUT2D eigenvalue weighted by Crippen LogP contribution is 2.37. The molecule has 0 radical (unpaired) electrons. The summed E-state index contributed by atoms with van der Waals surface area (Å²) in [5, 5.41) is 2.75. The number of imide groups is 1. The molecule has 0 bridgehead atoms. The molecule has 2 heterocycles. The van der Waals surface area contributed by atoms with E-state index in [2.05, 4.69) is 5.32 Å². The van der Waals surface area contributed by atoms with E-state index in [9.17, 15) is 14.4 Å². The summed E-state index contributed by atoms with van der Waals surface area (Å²) in [6, 6.07) is 4.97. The third kappa shape index (κ3) is 2.90. The third-order valence-corrected chi connectivity index (χ3v) is 6.18. The van der Waals surface area contributed by atoms with Crippen molar-refractivity contribution < 1.29 is 14.4 Å². The van der Waals surface area contributed by atoms with Crippen molar-refractivity contribution in [2.75, 3.05) is 4.90 Å². The van der Waals surface area contributed by atoms with Gasteiger partial charge in [-0.25, -0.2) is 4.90 Å². The SMILES string of the molecule is O=C1NC(=S)/C(=C\c2cc(N3C(=O)C4=C(CCCC4)C3=O)ccc2Cl)S1. The molecule has 0 unspecified atom stereocenters. The van der Waals surface area contributed by atoms with E-state index in [1.807, 2.05) is 0 Å². The van der Waals surface area contributed by atoms with Gasteiger partial charge in [-0.1, -0.05) is 23.8 Å². The maximum Gasteiger partial charge on any atom is 0.289 e. The molecular formula is C18H13ClN2O3S2. The molecule has 5 nitrogen and oxygen atoms in total. The number of hydrogen-bond acceptors (Lipinski definition) is 5. The molecule has 0 spiro atoms. The second-order valence-electron chi connectivity index (χ2n) is 6.17. The standard InChI is InChI=1S/C18H13ClN2O3S2/c19-13-6-5-10(7-9(13)8-14-15(25)20-18(24)26-14)21-16(22)11-3-1-2-4-12(11)17(21)23/h5-8H,1-4H2,(H,20,24,25)/b14-8+. The van der Waals surface area contributed by atoms with Crippen LogP contribution in [-0.2, 0) is 9.59 Å². The fourth-order valence-electron chi connectivity index (χ4n) is 3.32. The lowest BCUT2D eigenvalue weighted by atomic mass is 9.93. The molecule has 1 aromatic rings. The highest BCUT2D eigenvalue weighted by molar-refractivity contribution is 8.19. The van der Waals surface area contributed by atoms with E-state index in [4.69, 9.17) is 23.8 Å².